The molecule has 0 aliphatic rings. The minimum Gasteiger partial charge on any atom is -0.478 e. The second-order valence-corrected chi connectivity index (χ2v) is 7.00. The Morgan fingerprint density at radius 2 is 1.62 bits per heavy atom. The molecule has 0 unspecified atom stereocenters. The average Bonchev–Trinajstić information content (AvgIpc) is 2.52. The lowest BCUT2D eigenvalue weighted by Gasteiger charge is -2.09. The van der Waals surface area contributed by atoms with Crippen LogP contribution in [-0.4, -0.2) is 22.6 Å². The molecule has 0 aliphatic carbocycles. The average molecular weight is 332 g/mol. The van der Waals surface area contributed by atoms with Crippen molar-refractivity contribution < 1.29 is 19.5 Å². The zero-order valence-corrected chi connectivity index (χ0v) is 15.1. The van der Waals surface area contributed by atoms with Crippen LogP contribution in [0.3, 0.4) is 0 Å². The van der Waals surface area contributed by atoms with Crippen molar-refractivity contribution in [2.45, 2.75) is 59.8 Å². The second-order valence-electron chi connectivity index (χ2n) is 7.00. The molecule has 4 nitrogen and oxygen atoms in total. The third-order valence-electron chi connectivity index (χ3n) is 4.04. The van der Waals surface area contributed by atoms with E-state index in [1.54, 1.807) is 19.9 Å². The Morgan fingerprint density at radius 1 is 0.958 bits per heavy atom. The summed E-state index contributed by atoms with van der Waals surface area (Å²) in [5, 5.41) is 9.37. The van der Waals surface area contributed by atoms with E-state index in [1.807, 2.05) is 0 Å². The minimum absolute atomic E-state index is 0.0753. The van der Waals surface area contributed by atoms with E-state index in [4.69, 9.17) is 0 Å². The number of aromatic carboxylic acids is 1. The van der Waals surface area contributed by atoms with E-state index < -0.39 is 5.97 Å². The van der Waals surface area contributed by atoms with Gasteiger partial charge in [-0.25, -0.2) is 4.79 Å². The van der Waals surface area contributed by atoms with E-state index in [1.165, 1.54) is 12.1 Å². The van der Waals surface area contributed by atoms with Crippen molar-refractivity contribution in [1.82, 2.24) is 0 Å². The lowest BCUT2D eigenvalue weighted by atomic mass is 9.93. The maximum atomic E-state index is 12.3. The first-order valence-electron chi connectivity index (χ1n) is 8.68. The Balaban J connectivity index is 2.81. The number of Topliss-reactive ketones (excluding diaryl/α,β-unsaturated/α-hetero) is 2. The van der Waals surface area contributed by atoms with E-state index in [0.29, 0.717) is 17.9 Å². The molecular formula is C20H28O4. The number of carbonyl (C=O) groups excluding carboxylic acids is 2. The summed E-state index contributed by atoms with van der Waals surface area (Å²) in [6, 6.07) is 4.37. The topological polar surface area (TPSA) is 71.4 Å². The molecule has 0 bridgehead atoms. The van der Waals surface area contributed by atoms with E-state index >= 15 is 0 Å². The number of hydrogen-bond acceptors (Lipinski definition) is 3. The predicted molar refractivity (Wildman–Crippen MR) is 94.8 cm³/mol. The zero-order chi connectivity index (χ0) is 18.3. The summed E-state index contributed by atoms with van der Waals surface area (Å²) in [7, 11) is 0. The number of unbranched alkanes of at least 4 members (excludes halogenated alkanes) is 2. The maximum absolute atomic E-state index is 12.3. The fourth-order valence-corrected chi connectivity index (χ4v) is 2.60. The molecule has 0 aliphatic heterocycles. The summed E-state index contributed by atoms with van der Waals surface area (Å²) in [6.45, 7) is 7.87. The van der Waals surface area contributed by atoms with Gasteiger partial charge in [-0.15, -0.1) is 0 Å². The summed E-state index contributed by atoms with van der Waals surface area (Å²) in [5.74, 6) is -1.01. The lowest BCUT2D eigenvalue weighted by molar-refractivity contribution is 0.0691. The summed E-state index contributed by atoms with van der Waals surface area (Å²) in [6.07, 6.45) is 4.29. The molecule has 0 aromatic heterocycles. The maximum Gasteiger partial charge on any atom is 0.336 e. The van der Waals surface area contributed by atoms with Crippen LogP contribution in [0.5, 0.6) is 0 Å². The van der Waals surface area contributed by atoms with Crippen LogP contribution >= 0.6 is 0 Å². The molecule has 1 aromatic carbocycles. The van der Waals surface area contributed by atoms with Crippen LogP contribution in [0, 0.1) is 11.8 Å². The molecule has 0 fully saturated rings. The Bertz CT molecular complexity index is 600. The van der Waals surface area contributed by atoms with Crippen LogP contribution < -0.4 is 0 Å². The molecule has 0 atom stereocenters. The number of ketones is 2. The molecule has 24 heavy (non-hydrogen) atoms. The fraction of sp³-hybridized carbons (Fsp3) is 0.550. The summed E-state index contributed by atoms with van der Waals surface area (Å²) >= 11 is 0. The monoisotopic (exact) mass is 332 g/mol. The number of carbonyl (C=O) groups is 3. The van der Waals surface area contributed by atoms with Gasteiger partial charge in [0.15, 0.2) is 11.6 Å². The van der Waals surface area contributed by atoms with E-state index in [2.05, 4.69) is 13.8 Å². The Morgan fingerprint density at radius 3 is 2.17 bits per heavy atom. The highest BCUT2D eigenvalue weighted by atomic mass is 16.4. The normalized spacial score (nSPS) is 11.1. The number of hydrogen-bond donors (Lipinski definition) is 1. The van der Waals surface area contributed by atoms with Gasteiger partial charge < -0.3 is 5.11 Å². The van der Waals surface area contributed by atoms with Crippen molar-refractivity contribution in [3.05, 3.63) is 34.9 Å². The Hall–Kier alpha value is -1.97. The van der Waals surface area contributed by atoms with Crippen molar-refractivity contribution in [1.29, 1.82) is 0 Å². The van der Waals surface area contributed by atoms with Crippen molar-refractivity contribution in [3.63, 3.8) is 0 Å². The first-order chi connectivity index (χ1) is 11.2. The van der Waals surface area contributed by atoms with Gasteiger partial charge in [0.05, 0.1) is 5.56 Å². The van der Waals surface area contributed by atoms with Crippen molar-refractivity contribution in [2.24, 2.45) is 11.8 Å². The first kappa shape index (κ1) is 20.1. The quantitative estimate of drug-likeness (QED) is 0.483. The number of carboxylic acids is 1. The predicted octanol–water partition coefficient (Wildman–Crippen LogP) is 5.01. The molecule has 0 saturated carbocycles. The van der Waals surface area contributed by atoms with Crippen molar-refractivity contribution in [2.75, 3.05) is 0 Å². The van der Waals surface area contributed by atoms with Gasteiger partial charge in [0.1, 0.15) is 0 Å². The largest absolute Gasteiger partial charge is 0.478 e. The van der Waals surface area contributed by atoms with Crippen LogP contribution in [-0.2, 0) is 0 Å². The highest BCUT2D eigenvalue weighted by Gasteiger charge is 2.19. The standard InChI is InChI=1S/C20H28O4/c1-13(2)8-6-5-7-9-18(21)16-11-10-15(19(22)14(3)4)12-17(16)20(23)24/h10-14H,5-9H2,1-4H3,(H,23,24). The van der Waals surface area contributed by atoms with Gasteiger partial charge >= 0.3 is 5.97 Å². The molecule has 0 saturated heterocycles. The molecule has 4 heteroatoms. The molecule has 0 heterocycles. The fourth-order valence-electron chi connectivity index (χ4n) is 2.60. The minimum atomic E-state index is -1.17. The van der Waals surface area contributed by atoms with Gasteiger partial charge in [0, 0.05) is 23.5 Å². The molecule has 1 aromatic rings. The SMILES string of the molecule is CC(C)CCCCCC(=O)c1ccc(C(=O)C(C)C)cc1C(=O)O. The van der Waals surface area contributed by atoms with Gasteiger partial charge in [-0.1, -0.05) is 53.0 Å². The van der Waals surface area contributed by atoms with Crippen molar-refractivity contribution in [3.8, 4) is 0 Å². The van der Waals surface area contributed by atoms with Gasteiger partial charge in [-0.05, 0) is 24.5 Å². The number of carboxylic acid groups (broad SMARTS) is 1. The van der Waals surface area contributed by atoms with Gasteiger partial charge in [-0.2, -0.15) is 0 Å². The highest BCUT2D eigenvalue weighted by molar-refractivity contribution is 6.08. The van der Waals surface area contributed by atoms with Crippen LogP contribution in [0.4, 0.5) is 0 Å². The molecule has 0 amide bonds. The Labute approximate surface area is 144 Å². The zero-order valence-electron chi connectivity index (χ0n) is 15.1. The van der Waals surface area contributed by atoms with Gasteiger partial charge in [0.25, 0.3) is 0 Å². The van der Waals surface area contributed by atoms with Crippen LogP contribution in [0.1, 0.15) is 90.9 Å². The lowest BCUT2D eigenvalue weighted by Crippen LogP contribution is -2.13. The molecular weight excluding hydrogens is 304 g/mol. The molecule has 0 spiro atoms. The third-order valence-corrected chi connectivity index (χ3v) is 4.04. The van der Waals surface area contributed by atoms with E-state index in [9.17, 15) is 19.5 Å². The van der Waals surface area contributed by atoms with Crippen LogP contribution in [0.15, 0.2) is 18.2 Å². The highest BCUT2D eigenvalue weighted by Crippen LogP contribution is 2.19. The third kappa shape index (κ3) is 5.91. The molecule has 1 N–H and O–H groups in total. The molecule has 132 valence electrons. The first-order valence-corrected chi connectivity index (χ1v) is 8.68. The smallest absolute Gasteiger partial charge is 0.336 e. The van der Waals surface area contributed by atoms with Crippen LogP contribution in [0.25, 0.3) is 0 Å². The van der Waals surface area contributed by atoms with Gasteiger partial charge in [0.2, 0.25) is 0 Å². The Kier molecular flexibility index (Phi) is 7.83. The number of benzene rings is 1. The second kappa shape index (κ2) is 9.36. The summed E-state index contributed by atoms with van der Waals surface area (Å²) < 4.78 is 0. The van der Waals surface area contributed by atoms with E-state index in [-0.39, 0.29) is 28.6 Å². The van der Waals surface area contributed by atoms with E-state index in [0.717, 1.165) is 25.7 Å². The van der Waals surface area contributed by atoms with Gasteiger partial charge in [-0.3, -0.25) is 9.59 Å². The summed E-state index contributed by atoms with van der Waals surface area (Å²) in [5.41, 5.74) is 0.469. The molecule has 1 rings (SSSR count). The summed E-state index contributed by atoms with van der Waals surface area (Å²) in [4.78, 5) is 35.8. The number of rotatable bonds is 10. The molecule has 0 radical (unpaired) electrons. The van der Waals surface area contributed by atoms with Crippen molar-refractivity contribution >= 4 is 17.5 Å². The van der Waals surface area contributed by atoms with Crippen LogP contribution in [0.2, 0.25) is 0 Å².